The minimum absolute atomic E-state index is 0. The van der Waals surface area contributed by atoms with E-state index in [9.17, 15) is 0 Å². The Hall–Kier alpha value is -2.62. The van der Waals surface area contributed by atoms with Gasteiger partial charge in [0.2, 0.25) is 0 Å². The second-order valence-electron chi connectivity index (χ2n) is 8.30. The van der Waals surface area contributed by atoms with E-state index in [4.69, 9.17) is 9.73 Å². The van der Waals surface area contributed by atoms with Gasteiger partial charge in [-0.3, -0.25) is 0 Å². The Morgan fingerprint density at radius 3 is 2.24 bits per heavy atom. The van der Waals surface area contributed by atoms with Gasteiger partial charge in [0.15, 0.2) is 11.8 Å². The number of rotatable bonds is 10. The number of nitrogens with one attached hydrogen (secondary N) is 2. The van der Waals surface area contributed by atoms with E-state index in [1.54, 1.807) is 7.11 Å². The van der Waals surface area contributed by atoms with Crippen LogP contribution in [0.1, 0.15) is 49.5 Å². The molecule has 7 nitrogen and oxygen atoms in total. The van der Waals surface area contributed by atoms with E-state index in [0.29, 0.717) is 13.1 Å². The maximum absolute atomic E-state index is 5.26. The third-order valence-electron chi connectivity index (χ3n) is 6.51. The molecule has 0 bridgehead atoms. The summed E-state index contributed by atoms with van der Waals surface area (Å²) in [6.45, 7) is 8.35. The van der Waals surface area contributed by atoms with E-state index in [1.165, 1.54) is 5.56 Å². The fourth-order valence-electron chi connectivity index (χ4n) is 3.90. The number of aromatic nitrogens is 3. The summed E-state index contributed by atoms with van der Waals surface area (Å²) in [5.41, 5.74) is 2.50. The van der Waals surface area contributed by atoms with E-state index in [-0.39, 0.29) is 29.4 Å². The predicted molar refractivity (Wildman–Crippen MR) is 149 cm³/mol. The first-order valence-electron chi connectivity index (χ1n) is 11.6. The molecule has 3 rings (SSSR count). The highest BCUT2D eigenvalue weighted by Gasteiger charge is 2.28. The number of ether oxygens (including phenoxy) is 1. The Morgan fingerprint density at radius 2 is 1.68 bits per heavy atom. The molecule has 1 heterocycles. The van der Waals surface area contributed by atoms with Crippen LogP contribution in [-0.4, -0.2) is 34.4 Å². The summed E-state index contributed by atoms with van der Waals surface area (Å²) in [4.78, 5) is 4.86. The molecule has 1 aromatic heterocycles. The second-order valence-corrected chi connectivity index (χ2v) is 8.30. The second kappa shape index (κ2) is 13.3. The molecule has 3 aromatic rings. The van der Waals surface area contributed by atoms with Gasteiger partial charge in [0, 0.05) is 19.0 Å². The molecule has 0 amide bonds. The SMILES string of the molecule is CCC(CC)(CNC(=NCc1ccc(OC)cc1)NCc1nnc(C)n1C)c1ccccc1.I. The lowest BCUT2D eigenvalue weighted by atomic mass is 9.76. The van der Waals surface area contributed by atoms with Crippen molar-refractivity contribution in [2.75, 3.05) is 13.7 Å². The van der Waals surface area contributed by atoms with Crippen molar-refractivity contribution in [3.63, 3.8) is 0 Å². The standard InChI is InChI=1S/C26H36N6O.HI/c1-6-26(7-2,22-11-9-8-10-12-22)19-29-25(28-18-24-31-30-20(3)32(24)4)27-17-21-13-15-23(33-5)16-14-21;/h8-16H,6-7,17-19H2,1-5H3,(H2,27,28,29);1H. The number of aryl methyl sites for hydroxylation is 1. The van der Waals surface area contributed by atoms with E-state index in [2.05, 4.69) is 65.0 Å². The lowest BCUT2D eigenvalue weighted by molar-refractivity contribution is 0.389. The molecule has 2 aromatic carbocycles. The van der Waals surface area contributed by atoms with Crippen LogP contribution in [0.4, 0.5) is 0 Å². The number of nitrogens with zero attached hydrogens (tertiary/aromatic N) is 4. The summed E-state index contributed by atoms with van der Waals surface area (Å²) in [5, 5.41) is 15.5. The van der Waals surface area contributed by atoms with E-state index < -0.39 is 0 Å². The van der Waals surface area contributed by atoms with Gasteiger partial charge in [-0.25, -0.2) is 4.99 Å². The van der Waals surface area contributed by atoms with Crippen molar-refractivity contribution in [2.24, 2.45) is 12.0 Å². The number of aliphatic imine (C=N–C) groups is 1. The molecule has 2 N–H and O–H groups in total. The smallest absolute Gasteiger partial charge is 0.192 e. The Bertz CT molecular complexity index is 1030. The minimum atomic E-state index is 0. The zero-order chi connectivity index (χ0) is 23.7. The monoisotopic (exact) mass is 576 g/mol. The Kier molecular flexibility index (Phi) is 10.8. The lowest BCUT2D eigenvalue weighted by Crippen LogP contribution is -2.45. The largest absolute Gasteiger partial charge is 0.497 e. The van der Waals surface area contributed by atoms with Crippen LogP contribution < -0.4 is 15.4 Å². The van der Waals surface area contributed by atoms with Gasteiger partial charge in [-0.15, -0.1) is 34.2 Å². The average Bonchev–Trinajstić information content (AvgIpc) is 3.19. The Morgan fingerprint density at radius 1 is 1.00 bits per heavy atom. The van der Waals surface area contributed by atoms with Crippen LogP contribution >= 0.6 is 24.0 Å². The molecule has 0 aliphatic heterocycles. The highest BCUT2D eigenvalue weighted by Crippen LogP contribution is 2.30. The number of methoxy groups -OCH3 is 1. The summed E-state index contributed by atoms with van der Waals surface area (Å²) >= 11 is 0. The highest BCUT2D eigenvalue weighted by molar-refractivity contribution is 14.0. The summed E-state index contributed by atoms with van der Waals surface area (Å²) in [7, 11) is 3.65. The topological polar surface area (TPSA) is 76.4 Å². The third-order valence-corrected chi connectivity index (χ3v) is 6.51. The molecule has 0 fully saturated rings. The molecule has 184 valence electrons. The molecule has 0 aliphatic carbocycles. The van der Waals surface area contributed by atoms with Crippen molar-refractivity contribution in [2.45, 2.75) is 52.1 Å². The Labute approximate surface area is 220 Å². The quantitative estimate of drug-likeness (QED) is 0.207. The van der Waals surface area contributed by atoms with Crippen molar-refractivity contribution in [3.05, 3.63) is 77.4 Å². The van der Waals surface area contributed by atoms with Gasteiger partial charge in [0.25, 0.3) is 0 Å². The van der Waals surface area contributed by atoms with Crippen molar-refractivity contribution in [3.8, 4) is 5.75 Å². The molecule has 34 heavy (non-hydrogen) atoms. The first kappa shape index (κ1) is 27.6. The van der Waals surface area contributed by atoms with Crippen LogP contribution in [-0.2, 0) is 25.6 Å². The maximum atomic E-state index is 5.26. The summed E-state index contributed by atoms with van der Waals surface area (Å²) in [5.74, 6) is 3.35. The van der Waals surface area contributed by atoms with E-state index in [1.807, 2.05) is 42.8 Å². The first-order valence-corrected chi connectivity index (χ1v) is 11.6. The summed E-state index contributed by atoms with van der Waals surface area (Å²) in [6.07, 6.45) is 2.07. The van der Waals surface area contributed by atoms with Gasteiger partial charge < -0.3 is 19.9 Å². The van der Waals surface area contributed by atoms with Crippen LogP contribution in [0.3, 0.4) is 0 Å². The molecule has 0 atom stereocenters. The van der Waals surface area contributed by atoms with Crippen molar-refractivity contribution >= 4 is 29.9 Å². The molecule has 0 unspecified atom stereocenters. The van der Waals surface area contributed by atoms with Gasteiger partial charge in [-0.1, -0.05) is 56.3 Å². The van der Waals surface area contributed by atoms with E-state index >= 15 is 0 Å². The van der Waals surface area contributed by atoms with Crippen molar-refractivity contribution < 1.29 is 4.74 Å². The van der Waals surface area contributed by atoms with Gasteiger partial charge in [-0.05, 0) is 43.0 Å². The first-order chi connectivity index (χ1) is 16.0. The number of guanidine groups is 1. The van der Waals surface area contributed by atoms with Crippen LogP contribution in [0.2, 0.25) is 0 Å². The third kappa shape index (κ3) is 6.94. The molecule has 0 radical (unpaired) electrons. The van der Waals surface area contributed by atoms with Crippen molar-refractivity contribution in [1.29, 1.82) is 0 Å². The average molecular weight is 577 g/mol. The van der Waals surface area contributed by atoms with Crippen molar-refractivity contribution in [1.82, 2.24) is 25.4 Å². The number of hydrogen-bond donors (Lipinski definition) is 2. The van der Waals surface area contributed by atoms with Crippen LogP contribution in [0, 0.1) is 6.92 Å². The lowest BCUT2D eigenvalue weighted by Gasteiger charge is -2.33. The highest BCUT2D eigenvalue weighted by atomic mass is 127. The number of hydrogen-bond acceptors (Lipinski definition) is 4. The molecule has 0 spiro atoms. The zero-order valence-corrected chi connectivity index (χ0v) is 23.2. The van der Waals surface area contributed by atoms with Crippen LogP contribution in [0.25, 0.3) is 0 Å². The van der Waals surface area contributed by atoms with Gasteiger partial charge in [-0.2, -0.15) is 0 Å². The summed E-state index contributed by atoms with van der Waals surface area (Å²) in [6, 6.07) is 18.7. The molecular formula is C26H37IN6O. The maximum Gasteiger partial charge on any atom is 0.192 e. The fraction of sp³-hybridized carbons (Fsp3) is 0.423. The van der Waals surface area contributed by atoms with Gasteiger partial charge >= 0.3 is 0 Å². The van der Waals surface area contributed by atoms with Crippen LogP contribution in [0.5, 0.6) is 5.75 Å². The van der Waals surface area contributed by atoms with Gasteiger partial charge in [0.05, 0.1) is 20.2 Å². The van der Waals surface area contributed by atoms with Gasteiger partial charge in [0.1, 0.15) is 11.6 Å². The zero-order valence-electron chi connectivity index (χ0n) is 20.8. The minimum Gasteiger partial charge on any atom is -0.497 e. The molecule has 0 saturated heterocycles. The normalized spacial score (nSPS) is 11.6. The number of benzene rings is 2. The molecule has 0 saturated carbocycles. The fourth-order valence-corrected chi connectivity index (χ4v) is 3.90. The summed E-state index contributed by atoms with van der Waals surface area (Å²) < 4.78 is 7.25. The number of halogens is 1. The molecule has 0 aliphatic rings. The predicted octanol–water partition coefficient (Wildman–Crippen LogP) is 4.74. The molecule has 8 heteroatoms. The Balaban J connectivity index is 0.00000408. The van der Waals surface area contributed by atoms with Crippen LogP contribution in [0.15, 0.2) is 59.6 Å². The van der Waals surface area contributed by atoms with E-state index in [0.717, 1.165) is 48.3 Å². The molecular weight excluding hydrogens is 539 g/mol.